The molecule has 8 aromatic carbocycles. The highest BCUT2D eigenvalue weighted by Gasteiger charge is 2.26. The molecular weight excluding hydrogens is 633 g/mol. The first-order valence-electron chi connectivity index (χ1n) is 17.8. The number of rotatable bonds is 3. The van der Waals surface area contributed by atoms with Crippen molar-refractivity contribution in [2.75, 3.05) is 0 Å². The second kappa shape index (κ2) is 10.3. The van der Waals surface area contributed by atoms with Crippen LogP contribution in [-0.2, 0) is 0 Å². The fourth-order valence-electron chi connectivity index (χ4n) is 8.89. The maximum atomic E-state index is 5.48. The van der Waals surface area contributed by atoms with Crippen LogP contribution in [0.3, 0.4) is 0 Å². The maximum Gasteiger partial charge on any atom is 0.165 e. The zero-order valence-corrected chi connectivity index (χ0v) is 28.0. The third kappa shape index (κ3) is 3.65. The Morgan fingerprint density at radius 3 is 1.63 bits per heavy atom. The summed E-state index contributed by atoms with van der Waals surface area (Å²) in [6, 6.07) is 61.1. The smallest absolute Gasteiger partial charge is 0.165 e. The number of fused-ring (bicyclic) bond motifs is 6. The monoisotopic (exact) mass is 660 g/mol. The Bertz CT molecular complexity index is 3200. The van der Waals surface area contributed by atoms with E-state index in [2.05, 4.69) is 167 Å². The lowest BCUT2D eigenvalue weighted by molar-refractivity contribution is 1.08. The molecule has 4 nitrogen and oxygen atoms in total. The second-order valence-electron chi connectivity index (χ2n) is 13.7. The Morgan fingerprint density at radius 2 is 0.923 bits per heavy atom. The van der Waals surface area contributed by atoms with Crippen LogP contribution in [-0.4, -0.2) is 19.1 Å². The normalized spacial score (nSPS) is 12.2. The van der Waals surface area contributed by atoms with Crippen LogP contribution >= 0.6 is 0 Å². The SMILES string of the molecule is c1ccc(-n2c3ccccc3c3ccc(-c4nc5ccccc5nc4-n4c5cccc6c5c5c(cccc54)-c4cccc5cccc-6c45)cc32)cc1. The molecule has 240 valence electrons. The minimum atomic E-state index is 0.821. The lowest BCUT2D eigenvalue weighted by atomic mass is 9.93. The fourth-order valence-corrected chi connectivity index (χ4v) is 8.89. The lowest BCUT2D eigenvalue weighted by Gasteiger charge is -2.16. The van der Waals surface area contributed by atoms with E-state index in [9.17, 15) is 0 Å². The van der Waals surface area contributed by atoms with Crippen LogP contribution in [0.25, 0.3) is 110 Å². The Balaban J connectivity index is 1.21. The van der Waals surface area contributed by atoms with Gasteiger partial charge in [0, 0.05) is 32.8 Å². The molecule has 4 heteroatoms. The minimum Gasteiger partial charge on any atom is -0.309 e. The molecule has 0 atom stereocenters. The molecule has 0 saturated carbocycles. The van der Waals surface area contributed by atoms with E-state index in [1.54, 1.807) is 0 Å². The molecule has 52 heavy (non-hydrogen) atoms. The van der Waals surface area contributed by atoms with Gasteiger partial charge in [0.15, 0.2) is 5.82 Å². The summed E-state index contributed by atoms with van der Waals surface area (Å²) in [6.45, 7) is 0. The van der Waals surface area contributed by atoms with Gasteiger partial charge in [0.05, 0.1) is 33.1 Å². The zero-order valence-electron chi connectivity index (χ0n) is 28.0. The topological polar surface area (TPSA) is 35.6 Å². The van der Waals surface area contributed by atoms with Crippen LogP contribution in [0.5, 0.6) is 0 Å². The molecule has 12 rings (SSSR count). The molecule has 0 radical (unpaired) electrons. The summed E-state index contributed by atoms with van der Waals surface area (Å²) in [4.78, 5) is 10.9. The van der Waals surface area contributed by atoms with Gasteiger partial charge in [0.2, 0.25) is 0 Å². The van der Waals surface area contributed by atoms with Crippen molar-refractivity contribution in [3.8, 4) is 45.0 Å². The summed E-state index contributed by atoms with van der Waals surface area (Å²) in [5.41, 5.74) is 14.3. The average molecular weight is 661 g/mol. The molecule has 0 amide bonds. The van der Waals surface area contributed by atoms with E-state index >= 15 is 0 Å². The molecule has 0 spiro atoms. The van der Waals surface area contributed by atoms with Crippen LogP contribution in [0.4, 0.5) is 0 Å². The van der Waals surface area contributed by atoms with Gasteiger partial charge in [0.25, 0.3) is 0 Å². The summed E-state index contributed by atoms with van der Waals surface area (Å²) in [5.74, 6) is 0.821. The molecule has 0 fully saturated rings. The summed E-state index contributed by atoms with van der Waals surface area (Å²) < 4.78 is 4.73. The molecular formula is C48H28N4. The molecule has 0 bridgehead atoms. The van der Waals surface area contributed by atoms with E-state index in [0.717, 1.165) is 50.3 Å². The first-order valence-corrected chi connectivity index (χ1v) is 17.8. The Kier molecular flexibility index (Phi) is 5.47. The highest BCUT2D eigenvalue weighted by Crippen LogP contribution is 2.50. The van der Waals surface area contributed by atoms with Crippen molar-refractivity contribution in [3.63, 3.8) is 0 Å². The number of hydrogen-bond donors (Lipinski definition) is 0. The van der Waals surface area contributed by atoms with Crippen LogP contribution in [0.15, 0.2) is 170 Å². The Morgan fingerprint density at radius 1 is 0.365 bits per heavy atom. The standard InChI is InChI=1S/C48H28N4/c1-2-14-31(15-3-1)51-40-23-7-4-16-32(40)33-27-26-30(28-43(33)51)47-48(50-39-22-6-5-21-38(39)49-47)52-41-24-10-19-36-34-17-8-12-29-13-9-18-35(44(29)34)37-20-11-25-42(52)46(37)45(36)41/h1-28H. The molecule has 0 unspecified atom stereocenters. The number of benzene rings is 8. The quantitative estimate of drug-likeness (QED) is 0.189. The summed E-state index contributed by atoms with van der Waals surface area (Å²) in [6.07, 6.45) is 0. The number of para-hydroxylation sites is 4. The van der Waals surface area contributed by atoms with Crippen LogP contribution in [0.2, 0.25) is 0 Å². The van der Waals surface area contributed by atoms with Gasteiger partial charge in [-0.25, -0.2) is 9.97 Å². The van der Waals surface area contributed by atoms with Crippen molar-refractivity contribution in [2.45, 2.75) is 0 Å². The first-order chi connectivity index (χ1) is 25.8. The van der Waals surface area contributed by atoms with Gasteiger partial charge < -0.3 is 4.57 Å². The Labute approximate surface area is 298 Å². The van der Waals surface area contributed by atoms with Crippen LogP contribution < -0.4 is 0 Å². The molecule has 0 aliphatic heterocycles. The van der Waals surface area contributed by atoms with Crippen LogP contribution in [0, 0.1) is 0 Å². The predicted molar refractivity (Wildman–Crippen MR) is 216 cm³/mol. The number of aromatic nitrogens is 4. The van der Waals surface area contributed by atoms with E-state index < -0.39 is 0 Å². The third-order valence-electron chi connectivity index (χ3n) is 11.0. The molecule has 3 heterocycles. The van der Waals surface area contributed by atoms with Gasteiger partial charge >= 0.3 is 0 Å². The average Bonchev–Trinajstić information content (AvgIpc) is 3.69. The van der Waals surface area contributed by atoms with Gasteiger partial charge in [-0.2, -0.15) is 0 Å². The van der Waals surface area contributed by atoms with Crippen molar-refractivity contribution in [3.05, 3.63) is 170 Å². The molecule has 3 aromatic heterocycles. The highest BCUT2D eigenvalue weighted by molar-refractivity contribution is 6.27. The summed E-state index contributed by atoms with van der Waals surface area (Å²) >= 11 is 0. The van der Waals surface area contributed by atoms with Gasteiger partial charge in [-0.05, 0) is 81.6 Å². The first kappa shape index (κ1) is 27.7. The van der Waals surface area contributed by atoms with Gasteiger partial charge in [0.1, 0.15) is 5.69 Å². The van der Waals surface area contributed by atoms with E-state index in [4.69, 9.17) is 9.97 Å². The van der Waals surface area contributed by atoms with Crippen LogP contribution in [0.1, 0.15) is 0 Å². The zero-order chi connectivity index (χ0) is 33.9. The second-order valence-corrected chi connectivity index (χ2v) is 13.7. The van der Waals surface area contributed by atoms with Gasteiger partial charge in [-0.1, -0.05) is 121 Å². The molecule has 11 aromatic rings. The van der Waals surface area contributed by atoms with Crippen molar-refractivity contribution >= 4 is 65.4 Å². The van der Waals surface area contributed by atoms with E-state index in [-0.39, 0.29) is 0 Å². The predicted octanol–water partition coefficient (Wildman–Crippen LogP) is 12.3. The lowest BCUT2D eigenvalue weighted by Crippen LogP contribution is -2.04. The van der Waals surface area contributed by atoms with Crippen molar-refractivity contribution in [1.82, 2.24) is 19.1 Å². The molecule has 1 aliphatic carbocycles. The molecule has 0 N–H and O–H groups in total. The summed E-state index contributed by atoms with van der Waals surface area (Å²) in [5, 5.41) is 7.49. The van der Waals surface area contributed by atoms with Crippen molar-refractivity contribution < 1.29 is 0 Å². The van der Waals surface area contributed by atoms with E-state index in [1.807, 2.05) is 12.1 Å². The van der Waals surface area contributed by atoms with E-state index in [1.165, 1.54) is 60.1 Å². The van der Waals surface area contributed by atoms with E-state index in [0.29, 0.717) is 0 Å². The third-order valence-corrected chi connectivity index (χ3v) is 11.0. The number of nitrogens with zero attached hydrogens (tertiary/aromatic N) is 4. The minimum absolute atomic E-state index is 0.821. The van der Waals surface area contributed by atoms with Crippen molar-refractivity contribution in [2.24, 2.45) is 0 Å². The molecule has 1 aliphatic rings. The van der Waals surface area contributed by atoms with Crippen molar-refractivity contribution in [1.29, 1.82) is 0 Å². The van der Waals surface area contributed by atoms with Gasteiger partial charge in [-0.3, -0.25) is 4.57 Å². The fraction of sp³-hybridized carbons (Fsp3) is 0. The Hall–Kier alpha value is -7.04. The molecule has 0 saturated heterocycles. The number of hydrogen-bond acceptors (Lipinski definition) is 2. The maximum absolute atomic E-state index is 5.48. The summed E-state index contributed by atoms with van der Waals surface area (Å²) in [7, 11) is 0. The highest BCUT2D eigenvalue weighted by atomic mass is 15.1. The largest absolute Gasteiger partial charge is 0.309 e. The van der Waals surface area contributed by atoms with Gasteiger partial charge in [-0.15, -0.1) is 0 Å².